The second kappa shape index (κ2) is 9.54. The average Bonchev–Trinajstić information content (AvgIpc) is 3.06. The first kappa shape index (κ1) is 20.8. The monoisotopic (exact) mass is 520 g/mol. The quantitative estimate of drug-likeness (QED) is 0.320. The minimum Gasteiger partial charge on any atom is -0.325 e. The van der Waals surface area contributed by atoms with Crippen LogP contribution in [0.2, 0.25) is 0 Å². The van der Waals surface area contributed by atoms with Crippen molar-refractivity contribution in [3.8, 4) is 11.4 Å². The largest absolute Gasteiger partial charge is 0.325 e. The van der Waals surface area contributed by atoms with Crippen LogP contribution in [0.15, 0.2) is 69.2 Å². The molecule has 3 aromatic rings. The highest BCUT2D eigenvalue weighted by molar-refractivity contribution is 9.10. The molecule has 1 heterocycles. The van der Waals surface area contributed by atoms with E-state index in [9.17, 15) is 4.79 Å². The number of allylic oxidation sites excluding steroid dienone is 1. The molecule has 28 heavy (non-hydrogen) atoms. The lowest BCUT2D eigenvalue weighted by atomic mass is 10.2. The Labute approximate surface area is 184 Å². The van der Waals surface area contributed by atoms with Gasteiger partial charge in [-0.3, -0.25) is 9.36 Å². The molecule has 0 saturated heterocycles. The smallest absolute Gasteiger partial charge is 0.234 e. The number of aryl methyl sites for hydroxylation is 1. The number of hydrogen-bond donors (Lipinski definition) is 1. The first-order valence-corrected chi connectivity index (χ1v) is 11.0. The average molecular weight is 522 g/mol. The minimum absolute atomic E-state index is 0.0891. The van der Waals surface area contributed by atoms with Gasteiger partial charge in [0.15, 0.2) is 11.0 Å². The van der Waals surface area contributed by atoms with Crippen molar-refractivity contribution in [1.29, 1.82) is 0 Å². The molecule has 0 aliphatic carbocycles. The van der Waals surface area contributed by atoms with Gasteiger partial charge in [0.05, 0.1) is 5.75 Å². The summed E-state index contributed by atoms with van der Waals surface area (Å²) in [7, 11) is 0. The van der Waals surface area contributed by atoms with Crippen molar-refractivity contribution in [2.45, 2.75) is 18.6 Å². The van der Waals surface area contributed by atoms with Gasteiger partial charge in [-0.15, -0.1) is 16.8 Å². The fourth-order valence-corrected chi connectivity index (χ4v) is 4.07. The summed E-state index contributed by atoms with van der Waals surface area (Å²) in [5, 5.41) is 12.2. The number of carbonyl (C=O) groups excluding carboxylic acids is 1. The van der Waals surface area contributed by atoms with Crippen LogP contribution in [-0.2, 0) is 11.3 Å². The highest BCUT2D eigenvalue weighted by Crippen LogP contribution is 2.26. The van der Waals surface area contributed by atoms with Crippen molar-refractivity contribution in [2.75, 3.05) is 11.1 Å². The van der Waals surface area contributed by atoms with Gasteiger partial charge >= 0.3 is 0 Å². The van der Waals surface area contributed by atoms with E-state index >= 15 is 0 Å². The van der Waals surface area contributed by atoms with Gasteiger partial charge in [0, 0.05) is 26.7 Å². The van der Waals surface area contributed by atoms with Gasteiger partial charge in [-0.2, -0.15) is 0 Å². The Kier molecular flexibility index (Phi) is 7.09. The van der Waals surface area contributed by atoms with E-state index in [0.717, 1.165) is 31.6 Å². The summed E-state index contributed by atoms with van der Waals surface area (Å²) in [6.45, 7) is 6.34. The zero-order chi connectivity index (χ0) is 20.1. The van der Waals surface area contributed by atoms with Crippen LogP contribution in [0, 0.1) is 6.92 Å². The second-order valence-electron chi connectivity index (χ2n) is 6.01. The highest BCUT2D eigenvalue weighted by atomic mass is 79.9. The lowest BCUT2D eigenvalue weighted by Gasteiger charge is -2.10. The van der Waals surface area contributed by atoms with Gasteiger partial charge in [0.25, 0.3) is 0 Å². The zero-order valence-electron chi connectivity index (χ0n) is 15.2. The van der Waals surface area contributed by atoms with E-state index in [4.69, 9.17) is 0 Å². The molecule has 0 atom stereocenters. The number of aromatic nitrogens is 3. The van der Waals surface area contributed by atoms with E-state index in [0.29, 0.717) is 11.7 Å². The highest BCUT2D eigenvalue weighted by Gasteiger charge is 2.15. The molecule has 0 radical (unpaired) electrons. The van der Waals surface area contributed by atoms with Crippen LogP contribution in [0.3, 0.4) is 0 Å². The van der Waals surface area contributed by atoms with E-state index in [2.05, 4.69) is 54.0 Å². The third kappa shape index (κ3) is 5.12. The predicted molar refractivity (Wildman–Crippen MR) is 122 cm³/mol. The Balaban J connectivity index is 1.72. The van der Waals surface area contributed by atoms with Crippen molar-refractivity contribution in [3.63, 3.8) is 0 Å². The van der Waals surface area contributed by atoms with Crippen LogP contribution >= 0.6 is 43.6 Å². The molecule has 0 saturated carbocycles. The third-order valence-corrected chi connectivity index (χ3v) is 5.91. The number of benzene rings is 2. The number of halogens is 2. The molecule has 1 amide bonds. The Morgan fingerprint density at radius 1 is 1.18 bits per heavy atom. The fraction of sp³-hybridized carbons (Fsp3) is 0.150. The number of thioether (sulfide) groups is 1. The van der Waals surface area contributed by atoms with Gasteiger partial charge < -0.3 is 5.32 Å². The van der Waals surface area contributed by atoms with E-state index in [-0.39, 0.29) is 11.7 Å². The molecular weight excluding hydrogens is 504 g/mol. The second-order valence-corrected chi connectivity index (χ2v) is 8.78. The van der Waals surface area contributed by atoms with Crippen LogP contribution in [0.1, 0.15) is 5.56 Å². The predicted octanol–water partition coefficient (Wildman–Crippen LogP) is 5.70. The third-order valence-electron chi connectivity index (χ3n) is 3.93. The summed E-state index contributed by atoms with van der Waals surface area (Å²) in [5.41, 5.74) is 2.76. The SMILES string of the molecule is C=CCn1c(SCC(=O)Nc2ccc(Br)cc2C)nnc1-c1ccc(Br)cc1. The van der Waals surface area contributed by atoms with E-state index in [1.54, 1.807) is 6.08 Å². The first-order chi connectivity index (χ1) is 13.5. The lowest BCUT2D eigenvalue weighted by Crippen LogP contribution is -2.15. The standard InChI is InChI=1S/C20H18Br2N4OS/c1-3-10-26-19(14-4-6-15(21)7-5-14)24-25-20(26)28-12-18(27)23-17-9-8-16(22)11-13(17)2/h3-9,11H,1,10,12H2,2H3,(H,23,27). The maximum Gasteiger partial charge on any atom is 0.234 e. The van der Waals surface area contributed by atoms with Crippen LogP contribution in [-0.4, -0.2) is 26.4 Å². The van der Waals surface area contributed by atoms with Crippen molar-refractivity contribution >= 4 is 55.2 Å². The zero-order valence-corrected chi connectivity index (χ0v) is 19.1. The van der Waals surface area contributed by atoms with Crippen molar-refractivity contribution in [2.24, 2.45) is 0 Å². The first-order valence-electron chi connectivity index (χ1n) is 8.46. The summed E-state index contributed by atoms with van der Waals surface area (Å²) in [6, 6.07) is 13.6. The summed E-state index contributed by atoms with van der Waals surface area (Å²) in [5.74, 6) is 0.901. The normalized spacial score (nSPS) is 10.7. The van der Waals surface area contributed by atoms with Crippen molar-refractivity contribution < 1.29 is 4.79 Å². The summed E-state index contributed by atoms with van der Waals surface area (Å²) < 4.78 is 3.94. The Hall–Kier alpha value is -1.90. The van der Waals surface area contributed by atoms with Crippen LogP contribution < -0.4 is 5.32 Å². The maximum atomic E-state index is 12.4. The molecule has 0 aliphatic heterocycles. The molecule has 0 bridgehead atoms. The number of anilines is 1. The summed E-state index contributed by atoms with van der Waals surface area (Å²) in [4.78, 5) is 12.4. The van der Waals surface area contributed by atoms with Gasteiger partial charge in [-0.05, 0) is 42.8 Å². The van der Waals surface area contributed by atoms with Gasteiger partial charge in [0.2, 0.25) is 5.91 Å². The maximum absolute atomic E-state index is 12.4. The number of amides is 1. The molecule has 144 valence electrons. The molecule has 3 rings (SSSR count). The Bertz CT molecular complexity index is 1000. The molecule has 1 N–H and O–H groups in total. The van der Waals surface area contributed by atoms with E-state index in [1.807, 2.05) is 54.0 Å². The fourth-order valence-electron chi connectivity index (χ4n) is 2.59. The number of rotatable bonds is 7. The number of hydrogen-bond acceptors (Lipinski definition) is 4. The number of nitrogens with one attached hydrogen (secondary N) is 1. The summed E-state index contributed by atoms with van der Waals surface area (Å²) >= 11 is 8.22. The van der Waals surface area contributed by atoms with Crippen molar-refractivity contribution in [1.82, 2.24) is 14.8 Å². The molecule has 0 aliphatic rings. The summed E-state index contributed by atoms with van der Waals surface area (Å²) in [6.07, 6.45) is 1.79. The molecular formula is C20H18Br2N4OS. The van der Waals surface area contributed by atoms with Crippen LogP contribution in [0.5, 0.6) is 0 Å². The van der Waals surface area contributed by atoms with Gasteiger partial charge in [-0.1, -0.05) is 61.8 Å². The van der Waals surface area contributed by atoms with Crippen molar-refractivity contribution in [3.05, 3.63) is 69.6 Å². The van der Waals surface area contributed by atoms with E-state index < -0.39 is 0 Å². The Morgan fingerprint density at radius 2 is 1.89 bits per heavy atom. The molecule has 0 unspecified atom stereocenters. The van der Waals surface area contributed by atoms with Gasteiger partial charge in [-0.25, -0.2) is 0 Å². The number of nitrogens with zero attached hydrogens (tertiary/aromatic N) is 3. The minimum atomic E-state index is -0.0891. The Morgan fingerprint density at radius 3 is 2.57 bits per heavy atom. The molecule has 2 aromatic carbocycles. The molecule has 1 aromatic heterocycles. The van der Waals surface area contributed by atoms with Crippen LogP contribution in [0.4, 0.5) is 5.69 Å². The topological polar surface area (TPSA) is 59.8 Å². The number of carbonyl (C=O) groups is 1. The molecule has 5 nitrogen and oxygen atoms in total. The van der Waals surface area contributed by atoms with Crippen LogP contribution in [0.25, 0.3) is 11.4 Å². The molecule has 8 heteroatoms. The molecule has 0 spiro atoms. The lowest BCUT2D eigenvalue weighted by molar-refractivity contribution is -0.113. The molecule has 0 fully saturated rings. The van der Waals surface area contributed by atoms with Gasteiger partial charge in [0.1, 0.15) is 0 Å². The van der Waals surface area contributed by atoms with E-state index in [1.165, 1.54) is 11.8 Å².